The standard InChI is InChI=1S/C19H22N2O4/c1-24-13-6-7-15-16(19(23)20-12-4-5-12)10-18(22)21(17(15)9-13)11-14-3-2-8-25-14/h6-7,9-10,12,14H,2-5,8,11H2,1H3,(H,20,23). The molecule has 0 radical (unpaired) electrons. The second-order valence-electron chi connectivity index (χ2n) is 6.77. The van der Waals surface area contributed by atoms with E-state index in [2.05, 4.69) is 5.32 Å². The van der Waals surface area contributed by atoms with Gasteiger partial charge in [-0.3, -0.25) is 9.59 Å². The molecule has 2 fully saturated rings. The van der Waals surface area contributed by atoms with Gasteiger partial charge in [-0.2, -0.15) is 0 Å². The van der Waals surface area contributed by atoms with Crippen molar-refractivity contribution < 1.29 is 14.3 Å². The van der Waals surface area contributed by atoms with Gasteiger partial charge in [0.1, 0.15) is 5.75 Å². The zero-order chi connectivity index (χ0) is 17.4. The lowest BCUT2D eigenvalue weighted by Gasteiger charge is -2.17. The number of ether oxygens (including phenoxy) is 2. The number of benzene rings is 1. The first-order valence-corrected chi connectivity index (χ1v) is 8.80. The van der Waals surface area contributed by atoms with Gasteiger partial charge < -0.3 is 19.4 Å². The number of hydrogen-bond acceptors (Lipinski definition) is 4. The molecule has 4 rings (SSSR count). The highest BCUT2D eigenvalue weighted by Crippen LogP contribution is 2.25. The fourth-order valence-electron chi connectivity index (χ4n) is 3.35. The predicted molar refractivity (Wildman–Crippen MR) is 94.2 cm³/mol. The maximum Gasteiger partial charge on any atom is 0.252 e. The van der Waals surface area contributed by atoms with E-state index in [1.54, 1.807) is 11.7 Å². The quantitative estimate of drug-likeness (QED) is 0.903. The van der Waals surface area contributed by atoms with Crippen LogP contribution in [0.4, 0.5) is 0 Å². The summed E-state index contributed by atoms with van der Waals surface area (Å²) in [5.74, 6) is 0.478. The van der Waals surface area contributed by atoms with E-state index in [9.17, 15) is 9.59 Å². The molecule has 1 aromatic carbocycles. The van der Waals surface area contributed by atoms with E-state index in [1.807, 2.05) is 18.2 Å². The molecule has 1 amide bonds. The van der Waals surface area contributed by atoms with Gasteiger partial charge in [0.2, 0.25) is 0 Å². The maximum absolute atomic E-state index is 12.7. The fourth-order valence-corrected chi connectivity index (χ4v) is 3.35. The van der Waals surface area contributed by atoms with Crippen LogP contribution in [0.15, 0.2) is 29.1 Å². The second-order valence-corrected chi connectivity index (χ2v) is 6.77. The van der Waals surface area contributed by atoms with E-state index in [0.717, 1.165) is 37.7 Å². The molecule has 2 heterocycles. The lowest BCUT2D eigenvalue weighted by Crippen LogP contribution is -2.31. The van der Waals surface area contributed by atoms with Gasteiger partial charge in [0.25, 0.3) is 11.5 Å². The van der Waals surface area contributed by atoms with E-state index in [-0.39, 0.29) is 23.6 Å². The molecular weight excluding hydrogens is 320 g/mol. The Morgan fingerprint density at radius 1 is 1.32 bits per heavy atom. The van der Waals surface area contributed by atoms with E-state index >= 15 is 0 Å². The molecule has 1 saturated heterocycles. The number of aromatic nitrogens is 1. The third-order valence-corrected chi connectivity index (χ3v) is 4.89. The summed E-state index contributed by atoms with van der Waals surface area (Å²) in [7, 11) is 1.59. The molecular formula is C19H22N2O4. The normalized spacial score (nSPS) is 20.0. The molecule has 132 valence electrons. The number of nitrogens with one attached hydrogen (secondary N) is 1. The number of methoxy groups -OCH3 is 1. The number of carbonyl (C=O) groups excluding carboxylic acids is 1. The predicted octanol–water partition coefficient (Wildman–Crippen LogP) is 2.08. The summed E-state index contributed by atoms with van der Waals surface area (Å²) >= 11 is 0. The van der Waals surface area contributed by atoms with Crippen LogP contribution in [0.2, 0.25) is 0 Å². The lowest BCUT2D eigenvalue weighted by molar-refractivity contribution is 0.0951. The van der Waals surface area contributed by atoms with Crippen LogP contribution in [0, 0.1) is 0 Å². The van der Waals surface area contributed by atoms with Crippen molar-refractivity contribution in [2.24, 2.45) is 0 Å². The van der Waals surface area contributed by atoms with Gasteiger partial charge in [0.15, 0.2) is 0 Å². The Balaban J connectivity index is 1.81. The summed E-state index contributed by atoms with van der Waals surface area (Å²) < 4.78 is 12.7. The van der Waals surface area contributed by atoms with Crippen molar-refractivity contribution in [1.29, 1.82) is 0 Å². The Labute approximate surface area is 145 Å². The van der Waals surface area contributed by atoms with Crippen LogP contribution in [0.1, 0.15) is 36.0 Å². The third kappa shape index (κ3) is 3.26. The molecule has 6 heteroatoms. The molecule has 0 spiro atoms. The van der Waals surface area contributed by atoms with Gasteiger partial charge in [0, 0.05) is 30.2 Å². The van der Waals surface area contributed by atoms with Crippen LogP contribution in [-0.2, 0) is 11.3 Å². The SMILES string of the molecule is COc1ccc2c(C(=O)NC3CC3)cc(=O)n(CC3CCCO3)c2c1. The lowest BCUT2D eigenvalue weighted by atomic mass is 10.1. The van der Waals surface area contributed by atoms with E-state index in [1.165, 1.54) is 6.07 Å². The highest BCUT2D eigenvalue weighted by Gasteiger charge is 2.26. The molecule has 6 nitrogen and oxygen atoms in total. The van der Waals surface area contributed by atoms with Crippen molar-refractivity contribution in [3.63, 3.8) is 0 Å². The van der Waals surface area contributed by atoms with E-state index in [0.29, 0.717) is 23.4 Å². The number of pyridine rings is 1. The molecule has 1 aliphatic heterocycles. The van der Waals surface area contributed by atoms with Crippen LogP contribution in [0.5, 0.6) is 5.75 Å². The Morgan fingerprint density at radius 3 is 2.84 bits per heavy atom. The number of carbonyl (C=O) groups is 1. The molecule has 2 aromatic rings. The highest BCUT2D eigenvalue weighted by atomic mass is 16.5. The fraction of sp³-hybridized carbons (Fsp3) is 0.474. The minimum atomic E-state index is -0.183. The Morgan fingerprint density at radius 2 is 2.16 bits per heavy atom. The molecule has 1 N–H and O–H groups in total. The van der Waals surface area contributed by atoms with Gasteiger partial charge in [0.05, 0.1) is 30.8 Å². The first-order chi connectivity index (χ1) is 12.2. The van der Waals surface area contributed by atoms with Crippen molar-refractivity contribution >= 4 is 16.8 Å². The van der Waals surface area contributed by atoms with Crippen molar-refractivity contribution in [3.8, 4) is 5.75 Å². The Hall–Kier alpha value is -2.34. The topological polar surface area (TPSA) is 69.6 Å². The molecule has 0 bridgehead atoms. The van der Waals surface area contributed by atoms with Crippen molar-refractivity contribution in [3.05, 3.63) is 40.2 Å². The Bertz CT molecular complexity index is 864. The van der Waals surface area contributed by atoms with E-state index in [4.69, 9.17) is 9.47 Å². The molecule has 1 unspecified atom stereocenters. The van der Waals surface area contributed by atoms with Crippen molar-refractivity contribution in [2.45, 2.75) is 44.4 Å². The van der Waals surface area contributed by atoms with Gasteiger partial charge in [-0.05, 0) is 37.8 Å². The highest BCUT2D eigenvalue weighted by molar-refractivity contribution is 6.06. The second kappa shape index (κ2) is 6.52. The molecule has 1 aliphatic carbocycles. The van der Waals surface area contributed by atoms with Gasteiger partial charge >= 0.3 is 0 Å². The average molecular weight is 342 g/mol. The number of hydrogen-bond donors (Lipinski definition) is 1. The van der Waals surface area contributed by atoms with Gasteiger partial charge in [-0.1, -0.05) is 0 Å². The summed E-state index contributed by atoms with van der Waals surface area (Å²) in [5.41, 5.74) is 0.957. The average Bonchev–Trinajstić information content (AvgIpc) is 3.28. The molecule has 2 aliphatic rings. The van der Waals surface area contributed by atoms with Crippen LogP contribution >= 0.6 is 0 Å². The van der Waals surface area contributed by atoms with Crippen LogP contribution in [0.3, 0.4) is 0 Å². The minimum Gasteiger partial charge on any atom is -0.497 e. The summed E-state index contributed by atoms with van der Waals surface area (Å²) in [6.07, 6.45) is 4.02. The number of amides is 1. The number of nitrogens with zero attached hydrogens (tertiary/aromatic N) is 1. The minimum absolute atomic E-state index is 0.0400. The van der Waals surface area contributed by atoms with Crippen molar-refractivity contribution in [1.82, 2.24) is 9.88 Å². The smallest absolute Gasteiger partial charge is 0.252 e. The maximum atomic E-state index is 12.7. The summed E-state index contributed by atoms with van der Waals surface area (Å²) in [6, 6.07) is 7.18. The first-order valence-electron chi connectivity index (χ1n) is 8.80. The molecule has 1 atom stereocenters. The summed E-state index contributed by atoms with van der Waals surface area (Å²) in [6.45, 7) is 1.23. The largest absolute Gasteiger partial charge is 0.497 e. The first kappa shape index (κ1) is 16.1. The van der Waals surface area contributed by atoms with E-state index < -0.39 is 0 Å². The molecule has 25 heavy (non-hydrogen) atoms. The monoisotopic (exact) mass is 342 g/mol. The third-order valence-electron chi connectivity index (χ3n) is 4.89. The molecule has 1 saturated carbocycles. The van der Waals surface area contributed by atoms with Crippen LogP contribution in [0.25, 0.3) is 10.9 Å². The van der Waals surface area contributed by atoms with Gasteiger partial charge in [-0.15, -0.1) is 0 Å². The zero-order valence-corrected chi connectivity index (χ0v) is 14.3. The summed E-state index contributed by atoms with van der Waals surface area (Å²) in [5, 5.41) is 3.73. The molecule has 1 aromatic heterocycles. The van der Waals surface area contributed by atoms with Crippen LogP contribution in [-0.4, -0.2) is 36.3 Å². The van der Waals surface area contributed by atoms with Gasteiger partial charge in [-0.25, -0.2) is 0 Å². The van der Waals surface area contributed by atoms with Crippen molar-refractivity contribution in [2.75, 3.05) is 13.7 Å². The zero-order valence-electron chi connectivity index (χ0n) is 14.3. The number of rotatable bonds is 5. The van der Waals surface area contributed by atoms with Crippen LogP contribution < -0.4 is 15.6 Å². The number of fused-ring (bicyclic) bond motifs is 1. The summed E-state index contributed by atoms with van der Waals surface area (Å²) in [4.78, 5) is 25.3. The Kier molecular flexibility index (Phi) is 4.21.